The van der Waals surface area contributed by atoms with Gasteiger partial charge in [0.15, 0.2) is 0 Å². The molecule has 0 aliphatic carbocycles. The third-order valence-corrected chi connectivity index (χ3v) is 7.87. The first-order valence-corrected chi connectivity index (χ1v) is 13.5. The number of fused-ring (bicyclic) bond motifs is 1. The summed E-state index contributed by atoms with van der Waals surface area (Å²) in [7, 11) is 1.95. The first-order chi connectivity index (χ1) is 18.7. The van der Waals surface area contributed by atoms with Crippen molar-refractivity contribution in [3.8, 4) is 0 Å². The summed E-state index contributed by atoms with van der Waals surface area (Å²) in [5.74, 6) is -0.703. The van der Waals surface area contributed by atoms with Crippen molar-refractivity contribution in [1.29, 1.82) is 0 Å². The van der Waals surface area contributed by atoms with E-state index in [1.54, 1.807) is 12.1 Å². The van der Waals surface area contributed by atoms with Gasteiger partial charge >= 0.3 is 6.18 Å². The quantitative estimate of drug-likeness (QED) is 0.441. The van der Waals surface area contributed by atoms with E-state index in [-0.39, 0.29) is 18.5 Å². The Labute approximate surface area is 230 Å². The van der Waals surface area contributed by atoms with Gasteiger partial charge in [-0.3, -0.25) is 9.69 Å². The molecular weight excluding hydrogens is 531 g/mol. The highest BCUT2D eigenvalue weighted by atomic mass is 35.5. The standard InChI is InChI=1S/C27H31ClF3N7O/c1-32-18-9-12-38(16-18)23-8-5-19-21(36-23)7-6-20(28)24(19)25(39)33-15-22(37-10-3-2-4-11-37)17-13-34-26(35-14-17)27(29,30)31/h5-8,13-14,18,22,32H,2-4,9-12,15-16H2,1H3,(H,33,39)/t18-,22?/m1/s1. The van der Waals surface area contributed by atoms with Crippen molar-refractivity contribution in [2.45, 2.75) is 43.9 Å². The lowest BCUT2D eigenvalue weighted by atomic mass is 10.0. The summed E-state index contributed by atoms with van der Waals surface area (Å²) in [4.78, 5) is 29.7. The minimum atomic E-state index is -4.62. The summed E-state index contributed by atoms with van der Waals surface area (Å²) in [6.45, 7) is 3.48. The minimum absolute atomic E-state index is 0.172. The number of likely N-dealkylation sites (tertiary alicyclic amines) is 1. The Morgan fingerprint density at radius 1 is 1.10 bits per heavy atom. The van der Waals surface area contributed by atoms with Crippen LogP contribution < -0.4 is 15.5 Å². The summed E-state index contributed by atoms with van der Waals surface area (Å²) in [6, 6.07) is 7.30. The molecule has 0 radical (unpaired) electrons. The van der Waals surface area contributed by atoms with Crippen molar-refractivity contribution in [1.82, 2.24) is 30.5 Å². The number of anilines is 1. The third-order valence-electron chi connectivity index (χ3n) is 7.55. The molecule has 5 rings (SSSR count). The Kier molecular flexibility index (Phi) is 8.20. The van der Waals surface area contributed by atoms with Crippen molar-refractivity contribution < 1.29 is 18.0 Å². The van der Waals surface area contributed by atoms with Gasteiger partial charge in [0.05, 0.1) is 22.1 Å². The fourth-order valence-corrected chi connectivity index (χ4v) is 5.65. The van der Waals surface area contributed by atoms with Crippen molar-refractivity contribution in [2.75, 3.05) is 44.7 Å². The molecule has 1 aromatic carbocycles. The first-order valence-electron chi connectivity index (χ1n) is 13.2. The van der Waals surface area contributed by atoms with Gasteiger partial charge in [-0.25, -0.2) is 15.0 Å². The molecule has 0 saturated carbocycles. The predicted octanol–water partition coefficient (Wildman–Crippen LogP) is 4.45. The highest BCUT2D eigenvalue weighted by Crippen LogP contribution is 2.30. The number of hydrogen-bond acceptors (Lipinski definition) is 7. The first kappa shape index (κ1) is 27.5. The van der Waals surface area contributed by atoms with Crippen LogP contribution in [0.5, 0.6) is 0 Å². The fourth-order valence-electron chi connectivity index (χ4n) is 5.40. The summed E-state index contributed by atoms with van der Waals surface area (Å²) in [5.41, 5.74) is 1.51. The van der Waals surface area contributed by atoms with Crippen LogP contribution in [0.15, 0.2) is 36.7 Å². The molecule has 39 heavy (non-hydrogen) atoms. The van der Waals surface area contributed by atoms with E-state index in [4.69, 9.17) is 16.6 Å². The van der Waals surface area contributed by atoms with E-state index >= 15 is 0 Å². The molecule has 2 atom stereocenters. The summed E-state index contributed by atoms with van der Waals surface area (Å²) >= 11 is 6.50. The number of likely N-dealkylation sites (N-methyl/N-ethyl adjacent to an activating group) is 1. The van der Waals surface area contributed by atoms with E-state index in [0.29, 0.717) is 33.1 Å². The molecule has 12 heteroatoms. The lowest BCUT2D eigenvalue weighted by Crippen LogP contribution is -2.41. The molecule has 2 aliphatic rings. The number of nitrogens with zero attached hydrogens (tertiary/aromatic N) is 5. The molecule has 2 fully saturated rings. The lowest BCUT2D eigenvalue weighted by molar-refractivity contribution is -0.145. The topological polar surface area (TPSA) is 86.3 Å². The molecule has 1 amide bonds. The Bertz CT molecular complexity index is 1320. The van der Waals surface area contributed by atoms with Gasteiger partial charge in [0.2, 0.25) is 5.82 Å². The molecule has 4 heterocycles. The van der Waals surface area contributed by atoms with Crippen LogP contribution in [-0.2, 0) is 6.18 Å². The van der Waals surface area contributed by atoms with Crippen LogP contribution in [0.4, 0.5) is 19.0 Å². The number of halogens is 4. The van der Waals surface area contributed by atoms with Gasteiger partial charge in [-0.05, 0) is 63.7 Å². The molecular formula is C27H31ClF3N7O. The Hall–Kier alpha value is -3.02. The maximum absolute atomic E-state index is 13.5. The van der Waals surface area contributed by atoms with Crippen LogP contribution in [0.25, 0.3) is 10.9 Å². The summed E-state index contributed by atoms with van der Waals surface area (Å²) in [6.07, 6.45) is 1.86. The van der Waals surface area contributed by atoms with Crippen LogP contribution >= 0.6 is 11.6 Å². The summed E-state index contributed by atoms with van der Waals surface area (Å²) in [5, 5.41) is 7.21. The molecule has 8 nitrogen and oxygen atoms in total. The second-order valence-electron chi connectivity index (χ2n) is 10.0. The van der Waals surface area contributed by atoms with E-state index in [1.165, 1.54) is 12.4 Å². The molecule has 2 N–H and O–H groups in total. The maximum Gasteiger partial charge on any atom is 0.451 e. The van der Waals surface area contributed by atoms with Crippen molar-refractivity contribution in [3.05, 3.63) is 58.6 Å². The highest BCUT2D eigenvalue weighted by Gasteiger charge is 2.35. The zero-order valence-electron chi connectivity index (χ0n) is 21.6. The van der Waals surface area contributed by atoms with Gasteiger partial charge in [-0.1, -0.05) is 18.0 Å². The molecule has 1 unspecified atom stereocenters. The van der Waals surface area contributed by atoms with Crippen LogP contribution in [0, 0.1) is 0 Å². The highest BCUT2D eigenvalue weighted by molar-refractivity contribution is 6.35. The van der Waals surface area contributed by atoms with Crippen molar-refractivity contribution in [2.24, 2.45) is 0 Å². The Balaban J connectivity index is 1.37. The van der Waals surface area contributed by atoms with Crippen LogP contribution in [0.1, 0.15) is 53.5 Å². The number of rotatable bonds is 7. The zero-order chi connectivity index (χ0) is 27.6. The minimum Gasteiger partial charge on any atom is -0.355 e. The monoisotopic (exact) mass is 561 g/mol. The van der Waals surface area contributed by atoms with Crippen molar-refractivity contribution >= 4 is 34.2 Å². The van der Waals surface area contributed by atoms with Crippen LogP contribution in [0.3, 0.4) is 0 Å². The Morgan fingerprint density at radius 2 is 1.85 bits per heavy atom. The van der Waals surface area contributed by atoms with Gasteiger partial charge < -0.3 is 15.5 Å². The number of aromatic nitrogens is 3. The van der Waals surface area contributed by atoms with Gasteiger partial charge in [0.25, 0.3) is 5.91 Å². The second-order valence-corrected chi connectivity index (χ2v) is 10.4. The smallest absolute Gasteiger partial charge is 0.355 e. The third kappa shape index (κ3) is 6.10. The molecule has 0 spiro atoms. The number of nitrogens with one attached hydrogen (secondary N) is 2. The number of carbonyl (C=O) groups is 1. The van der Waals surface area contributed by atoms with Gasteiger partial charge in [-0.2, -0.15) is 13.2 Å². The van der Waals surface area contributed by atoms with Gasteiger partial charge in [0.1, 0.15) is 5.82 Å². The second kappa shape index (κ2) is 11.6. The lowest BCUT2D eigenvalue weighted by Gasteiger charge is -2.34. The average Bonchev–Trinajstić information content (AvgIpc) is 3.43. The van der Waals surface area contributed by atoms with E-state index in [2.05, 4.69) is 30.4 Å². The number of hydrogen-bond donors (Lipinski definition) is 2. The largest absolute Gasteiger partial charge is 0.451 e. The normalized spacial score (nSPS) is 19.4. The number of benzene rings is 1. The van der Waals surface area contributed by atoms with Crippen LogP contribution in [-0.4, -0.2) is 71.6 Å². The predicted molar refractivity (Wildman–Crippen MR) is 144 cm³/mol. The average molecular weight is 562 g/mol. The van der Waals surface area contributed by atoms with E-state index < -0.39 is 12.0 Å². The fraction of sp³-hybridized carbons (Fsp3) is 0.481. The Morgan fingerprint density at radius 3 is 2.51 bits per heavy atom. The molecule has 208 valence electrons. The SMILES string of the molecule is CN[C@@H]1CCN(c2ccc3c(C(=O)NCC(c4cnc(C(F)(F)F)nc4)N4CCCCC4)c(Cl)ccc3n2)C1. The molecule has 2 saturated heterocycles. The van der Waals surface area contributed by atoms with E-state index in [9.17, 15) is 18.0 Å². The number of amides is 1. The maximum atomic E-state index is 13.5. The number of alkyl halides is 3. The van der Waals surface area contributed by atoms with E-state index in [0.717, 1.165) is 57.7 Å². The molecule has 2 aliphatic heterocycles. The number of carbonyl (C=O) groups excluding carboxylic acids is 1. The number of pyridine rings is 1. The molecule has 2 aromatic heterocycles. The van der Waals surface area contributed by atoms with Gasteiger partial charge in [-0.15, -0.1) is 0 Å². The molecule has 3 aromatic rings. The number of piperidine rings is 1. The summed E-state index contributed by atoms with van der Waals surface area (Å²) < 4.78 is 39.0. The molecule has 0 bridgehead atoms. The van der Waals surface area contributed by atoms with E-state index in [1.807, 2.05) is 19.2 Å². The van der Waals surface area contributed by atoms with Gasteiger partial charge in [0, 0.05) is 49.0 Å². The van der Waals surface area contributed by atoms with Crippen molar-refractivity contribution in [3.63, 3.8) is 0 Å². The zero-order valence-corrected chi connectivity index (χ0v) is 22.4. The van der Waals surface area contributed by atoms with Crippen LogP contribution in [0.2, 0.25) is 5.02 Å².